The van der Waals surface area contributed by atoms with Gasteiger partial charge >= 0.3 is 0 Å². The van der Waals surface area contributed by atoms with Crippen molar-refractivity contribution in [1.82, 2.24) is 0 Å². The van der Waals surface area contributed by atoms with Gasteiger partial charge < -0.3 is 14.7 Å². The molecule has 0 radical (unpaired) electrons. The molecule has 0 atom stereocenters. The van der Waals surface area contributed by atoms with Gasteiger partial charge in [-0.2, -0.15) is 0 Å². The molecule has 0 saturated carbocycles. The summed E-state index contributed by atoms with van der Waals surface area (Å²) >= 11 is 9.46. The fourth-order valence-electron chi connectivity index (χ4n) is 2.41. The molecular weight excluding hydrogens is 370 g/mol. The Hall–Kier alpha value is -1.56. The van der Waals surface area contributed by atoms with Crippen LogP contribution in [0.1, 0.15) is 11.1 Å². The van der Waals surface area contributed by atoms with Crippen molar-refractivity contribution in [3.8, 4) is 5.75 Å². The highest BCUT2D eigenvalue weighted by Gasteiger charge is 2.25. The summed E-state index contributed by atoms with van der Waals surface area (Å²) in [7, 11) is 0. The predicted octanol–water partition coefficient (Wildman–Crippen LogP) is 3.52. The number of amides is 1. The fraction of sp³-hybridized carbons (Fsp3) is 0.188. The highest BCUT2D eigenvalue weighted by molar-refractivity contribution is 9.10. The Morgan fingerprint density at radius 2 is 2.05 bits per heavy atom. The Kier molecular flexibility index (Phi) is 4.38. The normalized spacial score (nSPS) is 13.8. The molecule has 2 aromatic carbocycles. The zero-order valence-corrected chi connectivity index (χ0v) is 13.9. The van der Waals surface area contributed by atoms with Gasteiger partial charge in [-0.3, -0.25) is 4.79 Å². The van der Waals surface area contributed by atoms with E-state index in [4.69, 9.17) is 16.3 Å². The summed E-state index contributed by atoms with van der Waals surface area (Å²) in [5.41, 5.74) is 2.37. The molecule has 0 fully saturated rings. The van der Waals surface area contributed by atoms with E-state index >= 15 is 0 Å². The average molecular weight is 383 g/mol. The van der Waals surface area contributed by atoms with Gasteiger partial charge in [0.15, 0.2) is 6.61 Å². The van der Waals surface area contributed by atoms with Crippen molar-refractivity contribution < 1.29 is 14.6 Å². The first kappa shape index (κ1) is 15.3. The molecule has 1 amide bonds. The van der Waals surface area contributed by atoms with E-state index < -0.39 is 0 Å². The Balaban J connectivity index is 1.95. The highest BCUT2D eigenvalue weighted by atomic mass is 79.9. The second-order valence-electron chi connectivity index (χ2n) is 5.01. The molecule has 0 bridgehead atoms. The molecule has 114 valence electrons. The molecule has 4 nitrogen and oxygen atoms in total. The second-order valence-corrected chi connectivity index (χ2v) is 6.36. The lowest BCUT2D eigenvalue weighted by atomic mass is 10.1. The topological polar surface area (TPSA) is 49.8 Å². The van der Waals surface area contributed by atoms with Crippen molar-refractivity contribution >= 4 is 39.1 Å². The number of carbonyl (C=O) groups is 1. The average Bonchev–Trinajstić information content (AvgIpc) is 2.48. The SMILES string of the molecule is O=C1COc2cc(CO)ccc2N1Cc1cc(Cl)cc(Br)c1. The summed E-state index contributed by atoms with van der Waals surface area (Å²) in [4.78, 5) is 13.9. The van der Waals surface area contributed by atoms with Crippen LogP contribution in [0.4, 0.5) is 5.69 Å². The van der Waals surface area contributed by atoms with Gasteiger partial charge in [-0.15, -0.1) is 0 Å². The molecule has 1 aliphatic rings. The lowest BCUT2D eigenvalue weighted by Crippen LogP contribution is -2.38. The monoisotopic (exact) mass is 381 g/mol. The minimum Gasteiger partial charge on any atom is -0.482 e. The van der Waals surface area contributed by atoms with Crippen LogP contribution >= 0.6 is 27.5 Å². The molecule has 0 aromatic heterocycles. The Morgan fingerprint density at radius 1 is 1.23 bits per heavy atom. The Morgan fingerprint density at radius 3 is 2.77 bits per heavy atom. The number of anilines is 1. The summed E-state index contributed by atoms with van der Waals surface area (Å²) in [6, 6.07) is 10.9. The zero-order valence-electron chi connectivity index (χ0n) is 11.6. The van der Waals surface area contributed by atoms with E-state index in [9.17, 15) is 9.90 Å². The molecule has 0 unspecified atom stereocenters. The first-order valence-corrected chi connectivity index (χ1v) is 7.86. The van der Waals surface area contributed by atoms with Gasteiger partial charge in [-0.1, -0.05) is 33.6 Å². The summed E-state index contributed by atoms with van der Waals surface area (Å²) in [5, 5.41) is 9.81. The number of ether oxygens (including phenoxy) is 1. The van der Waals surface area contributed by atoms with E-state index in [0.29, 0.717) is 23.0 Å². The molecule has 3 rings (SSSR count). The smallest absolute Gasteiger partial charge is 0.265 e. The van der Waals surface area contributed by atoms with Crippen molar-refractivity contribution in [2.45, 2.75) is 13.2 Å². The number of hydrogen-bond acceptors (Lipinski definition) is 3. The molecule has 1 aliphatic heterocycles. The summed E-state index contributed by atoms with van der Waals surface area (Å²) in [6.07, 6.45) is 0. The van der Waals surface area contributed by atoms with Crippen LogP contribution in [-0.4, -0.2) is 17.6 Å². The van der Waals surface area contributed by atoms with E-state index in [1.165, 1.54) is 0 Å². The number of nitrogens with zero attached hydrogens (tertiary/aromatic N) is 1. The molecule has 2 aromatic rings. The molecule has 0 spiro atoms. The van der Waals surface area contributed by atoms with Gasteiger partial charge in [0.2, 0.25) is 0 Å². The standard InChI is InChI=1S/C16H13BrClNO3/c17-12-3-11(4-13(18)6-12)7-19-14-2-1-10(8-20)5-15(14)22-9-16(19)21/h1-6,20H,7-9H2. The maximum absolute atomic E-state index is 12.2. The third kappa shape index (κ3) is 3.11. The first-order valence-electron chi connectivity index (χ1n) is 6.69. The van der Waals surface area contributed by atoms with Crippen LogP contribution in [0.5, 0.6) is 5.75 Å². The number of rotatable bonds is 3. The number of fused-ring (bicyclic) bond motifs is 1. The molecule has 0 aliphatic carbocycles. The maximum atomic E-state index is 12.2. The lowest BCUT2D eigenvalue weighted by molar-refractivity contribution is -0.121. The van der Waals surface area contributed by atoms with Crippen molar-refractivity contribution in [2.75, 3.05) is 11.5 Å². The summed E-state index contributed by atoms with van der Waals surface area (Å²) in [6.45, 7) is 0.336. The zero-order chi connectivity index (χ0) is 15.7. The van der Waals surface area contributed by atoms with Crippen molar-refractivity contribution in [2.24, 2.45) is 0 Å². The third-order valence-corrected chi connectivity index (χ3v) is 4.09. The maximum Gasteiger partial charge on any atom is 0.265 e. The first-order chi connectivity index (χ1) is 10.6. The van der Waals surface area contributed by atoms with Gasteiger partial charge in [0.25, 0.3) is 5.91 Å². The van der Waals surface area contributed by atoms with Crippen LogP contribution in [-0.2, 0) is 17.9 Å². The number of aliphatic hydroxyl groups is 1. The third-order valence-electron chi connectivity index (χ3n) is 3.41. The highest BCUT2D eigenvalue weighted by Crippen LogP contribution is 2.34. The van der Waals surface area contributed by atoms with E-state index in [2.05, 4.69) is 15.9 Å². The quantitative estimate of drug-likeness (QED) is 0.883. The van der Waals surface area contributed by atoms with Crippen molar-refractivity contribution in [3.63, 3.8) is 0 Å². The Bertz CT molecular complexity index is 715. The van der Waals surface area contributed by atoms with Gasteiger partial charge in [-0.25, -0.2) is 0 Å². The molecule has 22 heavy (non-hydrogen) atoms. The van der Waals surface area contributed by atoms with E-state index in [-0.39, 0.29) is 19.1 Å². The van der Waals surface area contributed by atoms with Gasteiger partial charge in [0.1, 0.15) is 5.75 Å². The largest absolute Gasteiger partial charge is 0.482 e. The fourth-order valence-corrected chi connectivity index (χ4v) is 3.34. The van der Waals surface area contributed by atoms with Crippen LogP contribution in [0.2, 0.25) is 5.02 Å². The van der Waals surface area contributed by atoms with Crippen molar-refractivity contribution in [3.05, 3.63) is 57.0 Å². The second kappa shape index (κ2) is 6.28. The van der Waals surface area contributed by atoms with Crippen LogP contribution in [0, 0.1) is 0 Å². The van der Waals surface area contributed by atoms with Crippen molar-refractivity contribution in [1.29, 1.82) is 0 Å². The van der Waals surface area contributed by atoms with Crippen LogP contribution in [0.3, 0.4) is 0 Å². The molecule has 1 N–H and O–H groups in total. The number of benzene rings is 2. The van der Waals surface area contributed by atoms with Gasteiger partial charge in [-0.05, 0) is 41.5 Å². The molecule has 1 heterocycles. The number of hydrogen-bond donors (Lipinski definition) is 1. The van der Waals surface area contributed by atoms with E-state index in [0.717, 1.165) is 15.6 Å². The molecule has 0 saturated heterocycles. The van der Waals surface area contributed by atoms with Gasteiger partial charge in [0.05, 0.1) is 18.8 Å². The van der Waals surface area contributed by atoms with Crippen LogP contribution in [0.15, 0.2) is 40.9 Å². The minimum absolute atomic E-state index is 0.0103. The van der Waals surface area contributed by atoms with E-state index in [1.807, 2.05) is 12.1 Å². The number of carbonyl (C=O) groups excluding carboxylic acids is 1. The number of aliphatic hydroxyl groups excluding tert-OH is 1. The number of halogens is 2. The molecule has 6 heteroatoms. The minimum atomic E-state index is -0.111. The van der Waals surface area contributed by atoms with Crippen LogP contribution in [0.25, 0.3) is 0 Å². The van der Waals surface area contributed by atoms with Gasteiger partial charge in [0, 0.05) is 9.50 Å². The van der Waals surface area contributed by atoms with Crippen LogP contribution < -0.4 is 9.64 Å². The Labute approximate surface area is 141 Å². The van der Waals surface area contributed by atoms with E-state index in [1.54, 1.807) is 29.2 Å². The molecular formula is C16H13BrClNO3. The summed E-state index contributed by atoms with van der Waals surface area (Å²) < 4.78 is 6.32. The predicted molar refractivity (Wildman–Crippen MR) is 88.2 cm³/mol. The lowest BCUT2D eigenvalue weighted by Gasteiger charge is -2.30. The summed E-state index contributed by atoms with van der Waals surface area (Å²) in [5.74, 6) is 0.493.